The number of hydrogen-bond donors (Lipinski definition) is 1. The van der Waals surface area contributed by atoms with Crippen LogP contribution in [-0.2, 0) is 0 Å². The maximum Gasteiger partial charge on any atom is 0.134 e. The zero-order valence-electron chi connectivity index (χ0n) is 14.8. The van der Waals surface area contributed by atoms with Crippen LogP contribution in [0.5, 0.6) is 0 Å². The van der Waals surface area contributed by atoms with Gasteiger partial charge in [-0.3, -0.25) is 4.90 Å². The quantitative estimate of drug-likeness (QED) is 0.883. The van der Waals surface area contributed by atoms with Gasteiger partial charge in [-0.05, 0) is 45.2 Å². The highest BCUT2D eigenvalue weighted by Crippen LogP contribution is 2.29. The zero-order chi connectivity index (χ0) is 16.4. The van der Waals surface area contributed by atoms with Crippen LogP contribution in [0.1, 0.15) is 25.7 Å². The number of hydrogen-bond acceptors (Lipinski definition) is 6. The van der Waals surface area contributed by atoms with E-state index in [1.807, 2.05) is 0 Å². The minimum Gasteiger partial charge on any atom is -0.370 e. The van der Waals surface area contributed by atoms with Crippen LogP contribution < -0.4 is 10.2 Å². The van der Waals surface area contributed by atoms with Crippen molar-refractivity contribution in [2.45, 2.75) is 31.7 Å². The number of likely N-dealkylation sites (N-methyl/N-ethyl adjacent to an activating group) is 1. The molecule has 3 aliphatic rings. The first-order chi connectivity index (χ1) is 11.8. The van der Waals surface area contributed by atoms with Crippen molar-refractivity contribution in [3.8, 4) is 0 Å². The SMILES string of the molecule is CN1CCCC(N2CCN(c3cc(NCC4CC4)ncn3)CC2)C1. The van der Waals surface area contributed by atoms with Gasteiger partial charge in [-0.1, -0.05) is 0 Å². The highest BCUT2D eigenvalue weighted by molar-refractivity contribution is 5.48. The van der Waals surface area contributed by atoms with E-state index in [0.717, 1.165) is 56.3 Å². The van der Waals surface area contributed by atoms with Crippen molar-refractivity contribution in [2.75, 3.05) is 63.1 Å². The molecule has 24 heavy (non-hydrogen) atoms. The van der Waals surface area contributed by atoms with Gasteiger partial charge in [0.15, 0.2) is 0 Å². The maximum atomic E-state index is 4.50. The average molecular weight is 330 g/mol. The number of nitrogens with one attached hydrogen (secondary N) is 1. The topological polar surface area (TPSA) is 47.5 Å². The minimum atomic E-state index is 0.743. The summed E-state index contributed by atoms with van der Waals surface area (Å²) in [6, 6.07) is 2.86. The predicted octanol–water partition coefficient (Wildman–Crippen LogP) is 1.51. The van der Waals surface area contributed by atoms with E-state index in [4.69, 9.17) is 0 Å². The van der Waals surface area contributed by atoms with E-state index in [1.165, 1.54) is 38.8 Å². The van der Waals surface area contributed by atoms with Gasteiger partial charge in [0.1, 0.15) is 18.0 Å². The predicted molar refractivity (Wildman–Crippen MR) is 97.6 cm³/mol. The first kappa shape index (κ1) is 16.1. The molecule has 0 amide bonds. The molecule has 1 atom stereocenters. The number of anilines is 2. The lowest BCUT2D eigenvalue weighted by Gasteiger charge is -2.43. The molecule has 6 nitrogen and oxygen atoms in total. The summed E-state index contributed by atoms with van der Waals surface area (Å²) in [5, 5.41) is 3.46. The van der Waals surface area contributed by atoms with Crippen molar-refractivity contribution in [1.29, 1.82) is 0 Å². The van der Waals surface area contributed by atoms with Gasteiger partial charge in [-0.2, -0.15) is 0 Å². The Hall–Kier alpha value is -1.40. The van der Waals surface area contributed by atoms with Crippen LogP contribution in [-0.4, -0.2) is 78.7 Å². The summed E-state index contributed by atoms with van der Waals surface area (Å²) in [5.41, 5.74) is 0. The summed E-state index contributed by atoms with van der Waals surface area (Å²) in [6.07, 6.45) is 7.12. The van der Waals surface area contributed by atoms with Gasteiger partial charge in [-0.15, -0.1) is 0 Å². The Morgan fingerprint density at radius 1 is 1.08 bits per heavy atom. The van der Waals surface area contributed by atoms with Gasteiger partial charge in [-0.25, -0.2) is 9.97 Å². The molecule has 2 aliphatic heterocycles. The van der Waals surface area contributed by atoms with Crippen molar-refractivity contribution in [2.24, 2.45) is 5.92 Å². The fourth-order valence-corrected chi connectivity index (χ4v) is 3.94. The monoisotopic (exact) mass is 330 g/mol. The lowest BCUT2D eigenvalue weighted by atomic mass is 10.0. The molecule has 0 aromatic carbocycles. The van der Waals surface area contributed by atoms with E-state index in [2.05, 4.69) is 43.1 Å². The Labute approximate surface area is 145 Å². The van der Waals surface area contributed by atoms with Gasteiger partial charge in [0.2, 0.25) is 0 Å². The Morgan fingerprint density at radius 2 is 1.92 bits per heavy atom. The van der Waals surface area contributed by atoms with E-state index in [-0.39, 0.29) is 0 Å². The average Bonchev–Trinajstić information content (AvgIpc) is 3.45. The molecule has 1 saturated carbocycles. The Morgan fingerprint density at radius 3 is 2.67 bits per heavy atom. The highest BCUT2D eigenvalue weighted by Gasteiger charge is 2.27. The van der Waals surface area contributed by atoms with Crippen LogP contribution in [0.15, 0.2) is 12.4 Å². The van der Waals surface area contributed by atoms with Crippen molar-refractivity contribution >= 4 is 11.6 Å². The lowest BCUT2D eigenvalue weighted by Crippen LogP contribution is -2.54. The normalized spacial score (nSPS) is 26.5. The largest absolute Gasteiger partial charge is 0.370 e. The standard InChI is InChI=1S/C18H30N6/c1-22-6-2-3-16(13-22)23-7-9-24(10-8-23)18-11-17(20-14-21-18)19-12-15-4-5-15/h11,14-16H,2-10,12-13H2,1H3,(H,19,20,21). The number of nitrogens with zero attached hydrogens (tertiary/aromatic N) is 5. The first-order valence-electron chi connectivity index (χ1n) is 9.51. The van der Waals surface area contributed by atoms with Crippen LogP contribution in [0.25, 0.3) is 0 Å². The third-order valence-electron chi connectivity index (χ3n) is 5.68. The summed E-state index contributed by atoms with van der Waals surface area (Å²) in [5.74, 6) is 2.91. The Kier molecular flexibility index (Phi) is 4.85. The van der Waals surface area contributed by atoms with Crippen molar-refractivity contribution < 1.29 is 0 Å². The summed E-state index contributed by atoms with van der Waals surface area (Å²) in [6.45, 7) is 7.97. The number of aromatic nitrogens is 2. The molecule has 1 aromatic rings. The molecule has 1 N–H and O–H groups in total. The molecule has 1 aliphatic carbocycles. The molecule has 1 aromatic heterocycles. The molecule has 132 valence electrons. The summed E-state index contributed by atoms with van der Waals surface area (Å²) in [4.78, 5) is 16.4. The summed E-state index contributed by atoms with van der Waals surface area (Å²) >= 11 is 0. The molecule has 4 rings (SSSR count). The highest BCUT2D eigenvalue weighted by atomic mass is 15.3. The van der Waals surface area contributed by atoms with E-state index in [9.17, 15) is 0 Å². The molecular formula is C18H30N6. The van der Waals surface area contributed by atoms with Gasteiger partial charge >= 0.3 is 0 Å². The lowest BCUT2D eigenvalue weighted by molar-refractivity contribution is 0.106. The summed E-state index contributed by atoms with van der Waals surface area (Å²) in [7, 11) is 2.25. The van der Waals surface area contributed by atoms with Gasteiger partial charge in [0.05, 0.1) is 0 Å². The third kappa shape index (κ3) is 3.98. The van der Waals surface area contributed by atoms with Gasteiger partial charge in [0, 0.05) is 51.4 Å². The molecule has 3 fully saturated rings. The van der Waals surface area contributed by atoms with Gasteiger partial charge < -0.3 is 15.1 Å². The molecule has 3 heterocycles. The maximum absolute atomic E-state index is 4.50. The third-order valence-corrected chi connectivity index (χ3v) is 5.68. The fourth-order valence-electron chi connectivity index (χ4n) is 3.94. The fraction of sp³-hybridized carbons (Fsp3) is 0.778. The smallest absolute Gasteiger partial charge is 0.134 e. The number of piperazine rings is 1. The molecular weight excluding hydrogens is 300 g/mol. The van der Waals surface area contributed by atoms with E-state index in [1.54, 1.807) is 6.33 Å². The van der Waals surface area contributed by atoms with E-state index >= 15 is 0 Å². The van der Waals surface area contributed by atoms with Crippen LogP contribution in [0.4, 0.5) is 11.6 Å². The number of likely N-dealkylation sites (tertiary alicyclic amines) is 1. The van der Waals surface area contributed by atoms with Crippen molar-refractivity contribution in [3.63, 3.8) is 0 Å². The number of piperidine rings is 1. The second-order valence-corrected chi connectivity index (χ2v) is 7.67. The molecule has 0 spiro atoms. The molecule has 0 bridgehead atoms. The van der Waals surface area contributed by atoms with Crippen LogP contribution in [0, 0.1) is 5.92 Å². The molecule has 0 radical (unpaired) electrons. The minimum absolute atomic E-state index is 0.743. The molecule has 2 saturated heterocycles. The number of rotatable bonds is 5. The Balaban J connectivity index is 1.31. The summed E-state index contributed by atoms with van der Waals surface area (Å²) < 4.78 is 0. The van der Waals surface area contributed by atoms with Gasteiger partial charge in [0.25, 0.3) is 0 Å². The van der Waals surface area contributed by atoms with Crippen molar-refractivity contribution in [3.05, 3.63) is 12.4 Å². The second kappa shape index (κ2) is 7.23. The van der Waals surface area contributed by atoms with E-state index in [0.29, 0.717) is 0 Å². The Bertz CT molecular complexity index is 538. The zero-order valence-corrected chi connectivity index (χ0v) is 14.8. The van der Waals surface area contributed by atoms with E-state index < -0.39 is 0 Å². The molecule has 6 heteroatoms. The van der Waals surface area contributed by atoms with Crippen molar-refractivity contribution in [1.82, 2.24) is 19.8 Å². The van der Waals surface area contributed by atoms with Crippen LogP contribution in [0.2, 0.25) is 0 Å². The second-order valence-electron chi connectivity index (χ2n) is 7.67. The molecule has 1 unspecified atom stereocenters. The van der Waals surface area contributed by atoms with Crippen LogP contribution >= 0.6 is 0 Å². The first-order valence-corrected chi connectivity index (χ1v) is 9.51. The van der Waals surface area contributed by atoms with Crippen LogP contribution in [0.3, 0.4) is 0 Å².